The lowest BCUT2D eigenvalue weighted by atomic mass is 9.93. The van der Waals surface area contributed by atoms with Gasteiger partial charge in [0.25, 0.3) is 0 Å². The third-order valence-electron chi connectivity index (χ3n) is 3.68. The lowest BCUT2D eigenvalue weighted by Gasteiger charge is -2.27. The van der Waals surface area contributed by atoms with Crippen molar-refractivity contribution in [2.75, 3.05) is 39.3 Å². The van der Waals surface area contributed by atoms with Gasteiger partial charge in [-0.2, -0.15) is 0 Å². The number of oxime groups is 1. The van der Waals surface area contributed by atoms with Crippen LogP contribution >= 0.6 is 0 Å². The van der Waals surface area contributed by atoms with Crippen LogP contribution in [0, 0.1) is 11.8 Å². The molecule has 0 saturated carbocycles. The summed E-state index contributed by atoms with van der Waals surface area (Å²) in [6, 6.07) is 0. The summed E-state index contributed by atoms with van der Waals surface area (Å²) in [6.07, 6.45) is 0.868. The molecule has 1 atom stereocenters. The Bertz CT molecular complexity index is 347. The molecule has 1 saturated heterocycles. The van der Waals surface area contributed by atoms with Gasteiger partial charge in [0.15, 0.2) is 5.84 Å². The topological polar surface area (TPSA) is 102 Å². The molecule has 20 heavy (non-hydrogen) atoms. The largest absolute Gasteiger partial charge is 0.409 e. The molecule has 0 aromatic heterocycles. The number of hydrogen-bond donors (Lipinski definition) is 3. The van der Waals surface area contributed by atoms with Gasteiger partial charge in [0, 0.05) is 26.2 Å². The summed E-state index contributed by atoms with van der Waals surface area (Å²) in [7, 11) is 0. The molecule has 0 aromatic rings. The number of aliphatic hydroxyl groups excluding tert-OH is 1. The van der Waals surface area contributed by atoms with Gasteiger partial charge < -0.3 is 20.9 Å². The SMILES string of the molecule is CC(C)C(C(=O)N1CCCN(CCO)CC1)C(N)=NO. The molecule has 1 unspecified atom stereocenters. The number of nitrogens with zero attached hydrogens (tertiary/aromatic N) is 3. The number of amidine groups is 1. The number of amides is 1. The Kier molecular flexibility index (Phi) is 6.74. The lowest BCUT2D eigenvalue weighted by molar-refractivity contribution is -0.134. The van der Waals surface area contributed by atoms with Crippen molar-refractivity contribution >= 4 is 11.7 Å². The molecule has 1 aliphatic heterocycles. The first-order valence-corrected chi connectivity index (χ1v) is 7.10. The molecule has 0 radical (unpaired) electrons. The zero-order valence-corrected chi connectivity index (χ0v) is 12.3. The average molecular weight is 286 g/mol. The van der Waals surface area contributed by atoms with E-state index in [0.717, 1.165) is 19.5 Å². The summed E-state index contributed by atoms with van der Waals surface area (Å²) in [5, 5.41) is 20.8. The van der Waals surface area contributed by atoms with E-state index in [-0.39, 0.29) is 24.3 Å². The van der Waals surface area contributed by atoms with Crippen LogP contribution in [-0.2, 0) is 4.79 Å². The van der Waals surface area contributed by atoms with Crippen LogP contribution in [0.1, 0.15) is 20.3 Å². The highest BCUT2D eigenvalue weighted by molar-refractivity contribution is 6.02. The fraction of sp³-hybridized carbons (Fsp3) is 0.846. The second kappa shape index (κ2) is 8.06. The van der Waals surface area contributed by atoms with Crippen LogP contribution in [0.15, 0.2) is 5.16 Å². The van der Waals surface area contributed by atoms with E-state index in [1.165, 1.54) is 0 Å². The van der Waals surface area contributed by atoms with Crippen LogP contribution in [0.5, 0.6) is 0 Å². The van der Waals surface area contributed by atoms with Crippen molar-refractivity contribution in [3.63, 3.8) is 0 Å². The number of aliphatic hydroxyl groups is 1. The molecule has 0 spiro atoms. The Hall–Kier alpha value is -1.34. The maximum Gasteiger partial charge on any atom is 0.233 e. The standard InChI is InChI=1S/C13H26N4O3/c1-10(2)11(12(14)15-20)13(19)17-5-3-4-16(6-7-17)8-9-18/h10-11,18,20H,3-9H2,1-2H3,(H2,14,15). The van der Waals surface area contributed by atoms with Crippen LogP contribution in [-0.4, -0.2) is 71.2 Å². The molecule has 4 N–H and O–H groups in total. The van der Waals surface area contributed by atoms with Gasteiger partial charge in [0.05, 0.1) is 6.61 Å². The van der Waals surface area contributed by atoms with E-state index in [1.807, 2.05) is 13.8 Å². The Labute approximate surface area is 120 Å². The van der Waals surface area contributed by atoms with Crippen molar-refractivity contribution < 1.29 is 15.1 Å². The van der Waals surface area contributed by atoms with Gasteiger partial charge in [-0.25, -0.2) is 0 Å². The second-order valence-electron chi connectivity index (χ2n) is 5.49. The third-order valence-corrected chi connectivity index (χ3v) is 3.68. The van der Waals surface area contributed by atoms with Gasteiger partial charge in [-0.3, -0.25) is 9.69 Å². The molecule has 1 aliphatic rings. The van der Waals surface area contributed by atoms with E-state index in [9.17, 15) is 4.79 Å². The minimum absolute atomic E-state index is 0.0183. The number of nitrogens with two attached hydrogens (primary N) is 1. The summed E-state index contributed by atoms with van der Waals surface area (Å²) in [4.78, 5) is 16.5. The molecule has 0 bridgehead atoms. The molecular formula is C13H26N4O3. The first-order valence-electron chi connectivity index (χ1n) is 7.10. The smallest absolute Gasteiger partial charge is 0.233 e. The minimum Gasteiger partial charge on any atom is -0.409 e. The average Bonchev–Trinajstić information content (AvgIpc) is 2.64. The van der Waals surface area contributed by atoms with Crippen molar-refractivity contribution in [3.8, 4) is 0 Å². The summed E-state index contributed by atoms with van der Waals surface area (Å²) < 4.78 is 0. The first-order chi connectivity index (χ1) is 9.51. The molecule has 0 aliphatic carbocycles. The lowest BCUT2D eigenvalue weighted by Crippen LogP contribution is -2.45. The van der Waals surface area contributed by atoms with E-state index in [1.54, 1.807) is 4.90 Å². The summed E-state index contributed by atoms with van der Waals surface area (Å²) in [5.74, 6) is -0.706. The maximum atomic E-state index is 12.5. The number of hydrogen-bond acceptors (Lipinski definition) is 5. The first kappa shape index (κ1) is 16.7. The zero-order valence-electron chi connectivity index (χ0n) is 12.3. The zero-order chi connectivity index (χ0) is 15.1. The van der Waals surface area contributed by atoms with E-state index >= 15 is 0 Å². The van der Waals surface area contributed by atoms with Crippen LogP contribution in [0.3, 0.4) is 0 Å². The Morgan fingerprint density at radius 3 is 2.55 bits per heavy atom. The van der Waals surface area contributed by atoms with Crippen molar-refractivity contribution in [3.05, 3.63) is 0 Å². The fourth-order valence-corrected chi connectivity index (χ4v) is 2.57. The maximum absolute atomic E-state index is 12.5. The Morgan fingerprint density at radius 2 is 2.00 bits per heavy atom. The number of β-amino-alcohol motifs (C(OH)–C–C–N with tert-alkyl or cyclic N) is 1. The number of carbonyl (C=O) groups excluding carboxylic acids is 1. The Morgan fingerprint density at radius 1 is 1.30 bits per heavy atom. The molecule has 116 valence electrons. The molecule has 7 heteroatoms. The molecule has 0 aromatic carbocycles. The van der Waals surface area contributed by atoms with Crippen LogP contribution in [0.25, 0.3) is 0 Å². The van der Waals surface area contributed by atoms with Gasteiger partial charge in [-0.05, 0) is 18.9 Å². The normalized spacial score (nSPS) is 20.0. The molecule has 1 fully saturated rings. The van der Waals surface area contributed by atoms with Crippen molar-refractivity contribution in [1.29, 1.82) is 0 Å². The van der Waals surface area contributed by atoms with E-state index in [4.69, 9.17) is 16.0 Å². The number of carbonyl (C=O) groups is 1. The summed E-state index contributed by atoms with van der Waals surface area (Å²) in [5.41, 5.74) is 5.65. The number of rotatable bonds is 5. The van der Waals surface area contributed by atoms with Gasteiger partial charge in [-0.15, -0.1) is 0 Å². The molecule has 1 amide bonds. The summed E-state index contributed by atoms with van der Waals surface area (Å²) in [6.45, 7) is 7.44. The molecule has 7 nitrogen and oxygen atoms in total. The van der Waals surface area contributed by atoms with Gasteiger partial charge in [0.2, 0.25) is 5.91 Å². The highest BCUT2D eigenvalue weighted by Crippen LogP contribution is 2.16. The van der Waals surface area contributed by atoms with E-state index < -0.39 is 5.92 Å². The molecule has 1 rings (SSSR count). The van der Waals surface area contributed by atoms with Crippen LogP contribution < -0.4 is 5.73 Å². The predicted octanol–water partition coefficient (Wildman–Crippen LogP) is -0.468. The Balaban J connectivity index is 2.70. The van der Waals surface area contributed by atoms with Gasteiger partial charge in [0.1, 0.15) is 5.92 Å². The predicted molar refractivity (Wildman–Crippen MR) is 76.5 cm³/mol. The van der Waals surface area contributed by atoms with Crippen LogP contribution in [0.2, 0.25) is 0 Å². The van der Waals surface area contributed by atoms with Gasteiger partial charge in [-0.1, -0.05) is 19.0 Å². The monoisotopic (exact) mass is 286 g/mol. The quantitative estimate of drug-likeness (QED) is 0.274. The van der Waals surface area contributed by atoms with E-state index in [0.29, 0.717) is 19.6 Å². The molecular weight excluding hydrogens is 260 g/mol. The second-order valence-corrected chi connectivity index (χ2v) is 5.49. The van der Waals surface area contributed by atoms with Crippen LogP contribution in [0.4, 0.5) is 0 Å². The van der Waals surface area contributed by atoms with Crippen molar-refractivity contribution in [2.45, 2.75) is 20.3 Å². The summed E-state index contributed by atoms with van der Waals surface area (Å²) >= 11 is 0. The highest BCUT2D eigenvalue weighted by atomic mass is 16.4. The van der Waals surface area contributed by atoms with Gasteiger partial charge >= 0.3 is 0 Å². The minimum atomic E-state index is -0.579. The van der Waals surface area contributed by atoms with Crippen molar-refractivity contribution in [1.82, 2.24) is 9.80 Å². The fourth-order valence-electron chi connectivity index (χ4n) is 2.57. The third kappa shape index (κ3) is 4.35. The van der Waals surface area contributed by atoms with E-state index in [2.05, 4.69) is 10.1 Å². The van der Waals surface area contributed by atoms with Crippen molar-refractivity contribution in [2.24, 2.45) is 22.7 Å². The highest BCUT2D eigenvalue weighted by Gasteiger charge is 2.31. The molecule has 1 heterocycles.